The second kappa shape index (κ2) is 7.08. The highest BCUT2D eigenvalue weighted by atomic mass is 19.1. The summed E-state index contributed by atoms with van der Waals surface area (Å²) in [4.78, 5) is 16.4. The van der Waals surface area contributed by atoms with E-state index < -0.39 is 0 Å². The molecule has 4 nitrogen and oxygen atoms in total. The number of nitrogens with one attached hydrogen (secondary N) is 1. The predicted octanol–water partition coefficient (Wildman–Crippen LogP) is 3.38. The van der Waals surface area contributed by atoms with Crippen molar-refractivity contribution in [3.63, 3.8) is 0 Å². The Balaban J connectivity index is 1.60. The van der Waals surface area contributed by atoms with Crippen molar-refractivity contribution in [2.45, 2.75) is 13.5 Å². The minimum absolute atomic E-state index is 0.101. The second-order valence-electron chi connectivity index (χ2n) is 5.47. The molecule has 1 heterocycles. The first kappa shape index (κ1) is 15.9. The third-order valence-corrected chi connectivity index (χ3v) is 3.58. The lowest BCUT2D eigenvalue weighted by molar-refractivity contribution is -0.123. The number of pyridine rings is 1. The number of benzene rings is 2. The fourth-order valence-electron chi connectivity index (χ4n) is 2.33. The largest absolute Gasteiger partial charge is 0.481 e. The average molecular weight is 324 g/mol. The van der Waals surface area contributed by atoms with Gasteiger partial charge in [0.2, 0.25) is 0 Å². The van der Waals surface area contributed by atoms with Gasteiger partial charge in [-0.1, -0.05) is 30.3 Å². The van der Waals surface area contributed by atoms with Gasteiger partial charge >= 0.3 is 0 Å². The van der Waals surface area contributed by atoms with Crippen LogP contribution in [-0.2, 0) is 11.3 Å². The molecule has 122 valence electrons. The molecule has 3 rings (SSSR count). The minimum Gasteiger partial charge on any atom is -0.481 e. The Kier molecular flexibility index (Phi) is 4.70. The number of para-hydroxylation sites is 1. The summed E-state index contributed by atoms with van der Waals surface area (Å²) in [6, 6.07) is 15.5. The van der Waals surface area contributed by atoms with Crippen LogP contribution in [0.4, 0.5) is 4.39 Å². The molecular weight excluding hydrogens is 307 g/mol. The molecule has 0 aliphatic carbocycles. The van der Waals surface area contributed by atoms with Crippen LogP contribution < -0.4 is 10.1 Å². The molecule has 24 heavy (non-hydrogen) atoms. The van der Waals surface area contributed by atoms with Crippen molar-refractivity contribution in [1.82, 2.24) is 10.3 Å². The molecule has 0 spiro atoms. The van der Waals surface area contributed by atoms with Crippen molar-refractivity contribution >= 4 is 16.8 Å². The van der Waals surface area contributed by atoms with E-state index in [1.54, 1.807) is 18.2 Å². The molecule has 3 aromatic rings. The zero-order valence-corrected chi connectivity index (χ0v) is 13.3. The molecule has 1 N–H and O–H groups in total. The summed E-state index contributed by atoms with van der Waals surface area (Å²) >= 11 is 0. The van der Waals surface area contributed by atoms with Gasteiger partial charge in [0.05, 0.1) is 0 Å². The molecule has 0 aliphatic rings. The molecule has 0 saturated heterocycles. The van der Waals surface area contributed by atoms with Crippen molar-refractivity contribution < 1.29 is 13.9 Å². The number of aryl methyl sites for hydroxylation is 1. The van der Waals surface area contributed by atoms with Gasteiger partial charge < -0.3 is 10.1 Å². The molecule has 0 atom stereocenters. The van der Waals surface area contributed by atoms with Gasteiger partial charge in [-0.2, -0.15) is 0 Å². The molecular formula is C19H17FN2O2. The topological polar surface area (TPSA) is 51.2 Å². The monoisotopic (exact) mass is 324 g/mol. The highest BCUT2D eigenvalue weighted by Gasteiger charge is 2.07. The first-order valence-electron chi connectivity index (χ1n) is 7.62. The molecule has 5 heteroatoms. The number of aromatic nitrogens is 1. The summed E-state index contributed by atoms with van der Waals surface area (Å²) in [5, 5.41) is 3.70. The predicted molar refractivity (Wildman–Crippen MR) is 90.2 cm³/mol. The first-order chi connectivity index (χ1) is 11.6. The van der Waals surface area contributed by atoms with Crippen LogP contribution in [0.2, 0.25) is 0 Å². The van der Waals surface area contributed by atoms with E-state index in [-0.39, 0.29) is 18.3 Å². The fourth-order valence-corrected chi connectivity index (χ4v) is 2.33. The molecule has 1 amide bonds. The van der Waals surface area contributed by atoms with E-state index in [1.165, 1.54) is 12.1 Å². The lowest BCUT2D eigenvalue weighted by atomic mass is 10.2. The summed E-state index contributed by atoms with van der Waals surface area (Å²) in [5.41, 5.74) is 2.45. The van der Waals surface area contributed by atoms with Crippen LogP contribution in [0.5, 0.6) is 5.75 Å². The van der Waals surface area contributed by atoms with Crippen LogP contribution in [0.15, 0.2) is 54.6 Å². The third kappa shape index (κ3) is 3.87. The molecule has 0 unspecified atom stereocenters. The maximum atomic E-state index is 12.8. The lowest BCUT2D eigenvalue weighted by Crippen LogP contribution is -2.28. The van der Waals surface area contributed by atoms with E-state index in [1.807, 2.05) is 31.2 Å². The van der Waals surface area contributed by atoms with E-state index in [0.717, 1.165) is 22.2 Å². The lowest BCUT2D eigenvalue weighted by Gasteiger charge is -2.10. The smallest absolute Gasteiger partial charge is 0.258 e. The summed E-state index contributed by atoms with van der Waals surface area (Å²) < 4.78 is 18.4. The third-order valence-electron chi connectivity index (χ3n) is 3.58. The van der Waals surface area contributed by atoms with Crippen molar-refractivity contribution in [2.75, 3.05) is 6.61 Å². The van der Waals surface area contributed by atoms with Crippen molar-refractivity contribution in [3.8, 4) is 5.75 Å². The Labute approximate surface area is 139 Å². The maximum absolute atomic E-state index is 12.8. The number of fused-ring (bicyclic) bond motifs is 1. The zero-order chi connectivity index (χ0) is 16.9. The Morgan fingerprint density at radius 1 is 1.12 bits per heavy atom. The molecule has 0 fully saturated rings. The average Bonchev–Trinajstić information content (AvgIpc) is 2.59. The van der Waals surface area contributed by atoms with Gasteiger partial charge in [-0.3, -0.25) is 4.79 Å². The standard InChI is InChI=1S/C19H17FN2O2/c1-13-5-8-15-3-2-4-17(19(15)22-13)24-12-18(23)21-11-14-6-9-16(20)10-7-14/h2-10H,11-12H2,1H3,(H,21,23). The van der Waals surface area contributed by atoms with Gasteiger partial charge in [0.25, 0.3) is 5.91 Å². The van der Waals surface area contributed by atoms with Crippen molar-refractivity contribution in [1.29, 1.82) is 0 Å². The summed E-state index contributed by atoms with van der Waals surface area (Å²) in [5.74, 6) is 0.0317. The van der Waals surface area contributed by atoms with Crippen LogP contribution in [0.1, 0.15) is 11.3 Å². The normalized spacial score (nSPS) is 10.6. The van der Waals surface area contributed by atoms with Crippen LogP contribution >= 0.6 is 0 Å². The van der Waals surface area contributed by atoms with Gasteiger partial charge in [0.1, 0.15) is 17.1 Å². The molecule has 0 aliphatic heterocycles. The number of rotatable bonds is 5. The van der Waals surface area contributed by atoms with Crippen LogP contribution in [-0.4, -0.2) is 17.5 Å². The van der Waals surface area contributed by atoms with E-state index in [4.69, 9.17) is 4.74 Å². The van der Waals surface area contributed by atoms with Gasteiger partial charge in [0, 0.05) is 17.6 Å². The maximum Gasteiger partial charge on any atom is 0.258 e. The molecule has 1 aromatic heterocycles. The number of carbonyl (C=O) groups excluding carboxylic acids is 1. The molecule has 0 saturated carbocycles. The number of hydrogen-bond donors (Lipinski definition) is 1. The van der Waals surface area contributed by atoms with E-state index in [9.17, 15) is 9.18 Å². The second-order valence-corrected chi connectivity index (χ2v) is 5.47. The van der Waals surface area contributed by atoms with Crippen molar-refractivity contribution in [2.24, 2.45) is 0 Å². The van der Waals surface area contributed by atoms with Crippen molar-refractivity contribution in [3.05, 3.63) is 71.7 Å². The number of nitrogens with zero attached hydrogens (tertiary/aromatic N) is 1. The van der Waals surface area contributed by atoms with Gasteiger partial charge in [-0.05, 0) is 36.8 Å². The van der Waals surface area contributed by atoms with E-state index >= 15 is 0 Å². The number of ether oxygens (including phenoxy) is 1. The highest BCUT2D eigenvalue weighted by molar-refractivity contribution is 5.85. The molecule has 0 radical (unpaired) electrons. The number of carbonyl (C=O) groups is 1. The number of halogens is 1. The minimum atomic E-state index is -0.299. The van der Waals surface area contributed by atoms with E-state index in [0.29, 0.717) is 12.3 Å². The first-order valence-corrected chi connectivity index (χ1v) is 7.62. The van der Waals surface area contributed by atoms with Crippen LogP contribution in [0, 0.1) is 12.7 Å². The van der Waals surface area contributed by atoms with Crippen LogP contribution in [0.3, 0.4) is 0 Å². The van der Waals surface area contributed by atoms with E-state index in [2.05, 4.69) is 10.3 Å². The molecule has 0 bridgehead atoms. The summed E-state index contributed by atoms with van der Waals surface area (Å²) in [6.45, 7) is 2.14. The summed E-state index contributed by atoms with van der Waals surface area (Å²) in [7, 11) is 0. The Bertz CT molecular complexity index is 863. The highest BCUT2D eigenvalue weighted by Crippen LogP contribution is 2.23. The Morgan fingerprint density at radius 3 is 2.71 bits per heavy atom. The van der Waals surface area contributed by atoms with Gasteiger partial charge in [0.15, 0.2) is 6.61 Å². The molecule has 2 aromatic carbocycles. The van der Waals surface area contributed by atoms with Crippen LogP contribution in [0.25, 0.3) is 10.9 Å². The number of hydrogen-bond acceptors (Lipinski definition) is 3. The zero-order valence-electron chi connectivity index (χ0n) is 13.3. The Morgan fingerprint density at radius 2 is 1.92 bits per heavy atom. The fraction of sp³-hybridized carbons (Fsp3) is 0.158. The van der Waals surface area contributed by atoms with Gasteiger partial charge in [-0.15, -0.1) is 0 Å². The summed E-state index contributed by atoms with van der Waals surface area (Å²) in [6.07, 6.45) is 0. The number of amides is 1. The quantitative estimate of drug-likeness (QED) is 0.783. The SMILES string of the molecule is Cc1ccc2cccc(OCC(=O)NCc3ccc(F)cc3)c2n1. The Hall–Kier alpha value is -2.95. The van der Waals surface area contributed by atoms with Gasteiger partial charge in [-0.25, -0.2) is 9.37 Å².